The lowest BCUT2D eigenvalue weighted by molar-refractivity contribution is -0.141. The number of rotatable bonds is 5. The van der Waals surface area contributed by atoms with Crippen LogP contribution in [0.25, 0.3) is 5.69 Å². The maximum atomic E-state index is 12.5. The summed E-state index contributed by atoms with van der Waals surface area (Å²) in [6.45, 7) is 1.70. The maximum absolute atomic E-state index is 12.5. The summed E-state index contributed by atoms with van der Waals surface area (Å²) < 4.78 is 43.4. The second-order valence-corrected chi connectivity index (χ2v) is 4.59. The number of esters is 1. The van der Waals surface area contributed by atoms with E-state index in [0.717, 1.165) is 10.7 Å². The van der Waals surface area contributed by atoms with Gasteiger partial charge in [-0.1, -0.05) is 0 Å². The smallest absolute Gasteiger partial charge is 0.435 e. The number of nitrogens with zero attached hydrogens (tertiary/aromatic N) is 4. The van der Waals surface area contributed by atoms with Crippen LogP contribution in [0.15, 0.2) is 41.6 Å². The van der Waals surface area contributed by atoms with Gasteiger partial charge in [0, 0.05) is 6.20 Å². The summed E-state index contributed by atoms with van der Waals surface area (Å²) in [6.07, 6.45) is -3.32. The highest BCUT2D eigenvalue weighted by molar-refractivity contribution is 6.43. The van der Waals surface area contributed by atoms with Crippen molar-refractivity contribution in [1.29, 1.82) is 5.26 Å². The lowest BCUT2D eigenvalue weighted by Crippen LogP contribution is -2.17. The fraction of sp³-hybridized carbons (Fsp3) is 0.200. The van der Waals surface area contributed by atoms with Crippen LogP contribution < -0.4 is 5.43 Å². The van der Waals surface area contributed by atoms with E-state index in [1.165, 1.54) is 30.5 Å². The Morgan fingerprint density at radius 1 is 1.36 bits per heavy atom. The van der Waals surface area contributed by atoms with Crippen molar-refractivity contribution >= 4 is 17.4 Å². The van der Waals surface area contributed by atoms with E-state index in [2.05, 4.69) is 20.4 Å². The Morgan fingerprint density at radius 3 is 2.56 bits per heavy atom. The normalized spacial score (nSPS) is 11.7. The van der Waals surface area contributed by atoms with Gasteiger partial charge >= 0.3 is 12.1 Å². The standard InChI is InChI=1S/C15H12F3N5O2/c1-2-25-14(24)12(9-19)21-20-10-3-5-11(6-4-10)23-8-7-13(22-23)15(16,17)18/h3-8,20H,2H2,1H3/b21-12-. The number of hydrogen-bond donors (Lipinski definition) is 1. The summed E-state index contributed by atoms with van der Waals surface area (Å²) in [4.78, 5) is 11.4. The van der Waals surface area contributed by atoms with Crippen LogP contribution in [0.3, 0.4) is 0 Å². The number of ether oxygens (including phenoxy) is 1. The SMILES string of the molecule is CCOC(=O)/C(C#N)=N\Nc1ccc(-n2ccc(C(F)(F)F)n2)cc1. The van der Waals surface area contributed by atoms with E-state index >= 15 is 0 Å². The summed E-state index contributed by atoms with van der Waals surface area (Å²) in [5, 5.41) is 15.9. The molecule has 1 aromatic carbocycles. The molecular weight excluding hydrogens is 339 g/mol. The van der Waals surface area contributed by atoms with E-state index in [9.17, 15) is 18.0 Å². The number of nitrogens with one attached hydrogen (secondary N) is 1. The van der Waals surface area contributed by atoms with Gasteiger partial charge in [0.15, 0.2) is 5.69 Å². The van der Waals surface area contributed by atoms with Crippen LogP contribution in [0.4, 0.5) is 18.9 Å². The van der Waals surface area contributed by atoms with E-state index in [1.807, 2.05) is 0 Å². The lowest BCUT2D eigenvalue weighted by atomic mass is 10.3. The van der Waals surface area contributed by atoms with Gasteiger partial charge in [-0.3, -0.25) is 5.43 Å². The molecular formula is C15H12F3N5O2. The van der Waals surface area contributed by atoms with Crippen molar-refractivity contribution in [3.8, 4) is 11.8 Å². The molecule has 0 aliphatic carbocycles. The first-order valence-corrected chi connectivity index (χ1v) is 6.99. The van der Waals surface area contributed by atoms with Crippen LogP contribution in [-0.4, -0.2) is 28.1 Å². The van der Waals surface area contributed by atoms with E-state index in [-0.39, 0.29) is 6.61 Å². The Hall–Kier alpha value is -3.35. The topological polar surface area (TPSA) is 92.3 Å². The number of hydrogen-bond acceptors (Lipinski definition) is 6. The number of anilines is 1. The first-order chi connectivity index (χ1) is 11.8. The Kier molecular flexibility index (Phi) is 5.38. The molecule has 0 aliphatic rings. The van der Waals surface area contributed by atoms with Gasteiger partial charge in [0.05, 0.1) is 18.0 Å². The first-order valence-electron chi connectivity index (χ1n) is 6.99. The molecule has 0 spiro atoms. The number of nitriles is 1. The zero-order chi connectivity index (χ0) is 18.4. The number of carbonyl (C=O) groups excluding carboxylic acids is 1. The summed E-state index contributed by atoms with van der Waals surface area (Å²) in [5.74, 6) is -0.856. The van der Waals surface area contributed by atoms with Crippen molar-refractivity contribution in [3.63, 3.8) is 0 Å². The van der Waals surface area contributed by atoms with E-state index in [1.54, 1.807) is 13.0 Å². The number of hydrazone groups is 1. The molecule has 0 bridgehead atoms. The largest absolute Gasteiger partial charge is 0.461 e. The quantitative estimate of drug-likeness (QED) is 0.508. The summed E-state index contributed by atoms with van der Waals surface area (Å²) in [5.41, 5.74) is 1.87. The van der Waals surface area contributed by atoms with Crippen molar-refractivity contribution in [2.45, 2.75) is 13.1 Å². The van der Waals surface area contributed by atoms with Crippen LogP contribution in [-0.2, 0) is 15.7 Å². The van der Waals surface area contributed by atoms with Crippen LogP contribution >= 0.6 is 0 Å². The molecule has 2 rings (SSSR count). The molecule has 0 amide bonds. The minimum Gasteiger partial charge on any atom is -0.461 e. The Bertz CT molecular complexity index is 819. The van der Waals surface area contributed by atoms with Gasteiger partial charge in [-0.25, -0.2) is 9.48 Å². The molecule has 0 fully saturated rings. The van der Waals surface area contributed by atoms with Crippen LogP contribution in [0.2, 0.25) is 0 Å². The number of carbonyl (C=O) groups is 1. The third-order valence-corrected chi connectivity index (χ3v) is 2.88. The zero-order valence-electron chi connectivity index (χ0n) is 12.9. The second kappa shape index (κ2) is 7.48. The van der Waals surface area contributed by atoms with Gasteiger partial charge in [0.25, 0.3) is 0 Å². The molecule has 0 radical (unpaired) electrons. The monoisotopic (exact) mass is 351 g/mol. The van der Waals surface area contributed by atoms with Gasteiger partial charge in [-0.2, -0.15) is 28.6 Å². The first kappa shape index (κ1) is 18.0. The fourth-order valence-electron chi connectivity index (χ4n) is 1.74. The van der Waals surface area contributed by atoms with Gasteiger partial charge in [-0.15, -0.1) is 0 Å². The molecule has 10 heteroatoms. The Morgan fingerprint density at radius 2 is 2.04 bits per heavy atom. The fourth-order valence-corrected chi connectivity index (χ4v) is 1.74. The third kappa shape index (κ3) is 4.57. The zero-order valence-corrected chi connectivity index (χ0v) is 12.9. The molecule has 1 aromatic heterocycles. The summed E-state index contributed by atoms with van der Waals surface area (Å²) in [7, 11) is 0. The number of alkyl halides is 3. The highest BCUT2D eigenvalue weighted by Gasteiger charge is 2.33. The average Bonchev–Trinajstić information content (AvgIpc) is 3.06. The average molecular weight is 351 g/mol. The number of halogens is 3. The molecule has 1 heterocycles. The lowest BCUT2D eigenvalue weighted by Gasteiger charge is -2.05. The van der Waals surface area contributed by atoms with E-state index in [0.29, 0.717) is 11.4 Å². The summed E-state index contributed by atoms with van der Waals surface area (Å²) in [6, 6.07) is 8.49. The second-order valence-electron chi connectivity index (χ2n) is 4.59. The number of aromatic nitrogens is 2. The van der Waals surface area contributed by atoms with E-state index in [4.69, 9.17) is 5.26 Å². The molecule has 0 aliphatic heterocycles. The molecule has 2 aromatic rings. The predicted octanol–water partition coefficient (Wildman–Crippen LogP) is 2.75. The Balaban J connectivity index is 2.11. The highest BCUT2D eigenvalue weighted by atomic mass is 19.4. The van der Waals surface area contributed by atoms with Crippen molar-refractivity contribution < 1.29 is 22.7 Å². The summed E-state index contributed by atoms with van der Waals surface area (Å²) >= 11 is 0. The van der Waals surface area contributed by atoms with Crippen LogP contribution in [0.5, 0.6) is 0 Å². The third-order valence-electron chi connectivity index (χ3n) is 2.88. The van der Waals surface area contributed by atoms with E-state index < -0.39 is 23.6 Å². The minimum atomic E-state index is -4.51. The van der Waals surface area contributed by atoms with Gasteiger partial charge < -0.3 is 4.74 Å². The molecule has 0 saturated heterocycles. The van der Waals surface area contributed by atoms with Gasteiger partial charge in [0.2, 0.25) is 5.71 Å². The van der Waals surface area contributed by atoms with Crippen LogP contribution in [0, 0.1) is 11.3 Å². The molecule has 130 valence electrons. The highest BCUT2D eigenvalue weighted by Crippen LogP contribution is 2.28. The maximum Gasteiger partial charge on any atom is 0.435 e. The molecule has 0 atom stereocenters. The van der Waals surface area contributed by atoms with Crippen molar-refractivity contribution in [1.82, 2.24) is 9.78 Å². The molecule has 0 saturated carbocycles. The predicted molar refractivity (Wildman–Crippen MR) is 81.9 cm³/mol. The van der Waals surface area contributed by atoms with Gasteiger partial charge in [-0.05, 0) is 37.3 Å². The van der Waals surface area contributed by atoms with Crippen LogP contribution in [0.1, 0.15) is 12.6 Å². The van der Waals surface area contributed by atoms with Gasteiger partial charge in [0.1, 0.15) is 6.07 Å². The Labute approximate surface area is 140 Å². The van der Waals surface area contributed by atoms with Crippen molar-refractivity contribution in [3.05, 3.63) is 42.2 Å². The number of benzene rings is 1. The molecule has 0 unspecified atom stereocenters. The molecule has 25 heavy (non-hydrogen) atoms. The molecule has 1 N–H and O–H groups in total. The minimum absolute atomic E-state index is 0.109. The van der Waals surface area contributed by atoms with Crippen molar-refractivity contribution in [2.24, 2.45) is 5.10 Å². The molecule has 7 nitrogen and oxygen atoms in total. The van der Waals surface area contributed by atoms with Crippen molar-refractivity contribution in [2.75, 3.05) is 12.0 Å².